The Bertz CT molecular complexity index is 1330. The number of unbranched alkanes of at least 4 members (excludes halogenated alkanes) is 1. The van der Waals surface area contributed by atoms with Crippen molar-refractivity contribution in [2.45, 2.75) is 65.1 Å². The Morgan fingerprint density at radius 3 is 2.46 bits per heavy atom. The Kier molecular flexibility index (Phi) is 10.0. The van der Waals surface area contributed by atoms with Gasteiger partial charge in [0.25, 0.3) is 0 Å². The molecule has 3 aromatic rings. The Labute approximate surface area is 227 Å². The van der Waals surface area contributed by atoms with Crippen molar-refractivity contribution in [3.05, 3.63) is 45.9 Å². The number of carboxylic acid groups (broad SMARTS) is 1. The average molecular weight is 542 g/mol. The molecular formula is C27H39N7O5. The number of hydrogen-bond donors (Lipinski definition) is 3. The monoisotopic (exact) mass is 541 g/mol. The van der Waals surface area contributed by atoms with Gasteiger partial charge in [0.15, 0.2) is 11.5 Å². The maximum atomic E-state index is 13.3. The van der Waals surface area contributed by atoms with Crippen molar-refractivity contribution in [1.29, 1.82) is 0 Å². The van der Waals surface area contributed by atoms with Gasteiger partial charge in [-0.05, 0) is 51.9 Å². The smallest absolute Gasteiger partial charge is 0.327 e. The summed E-state index contributed by atoms with van der Waals surface area (Å²) in [5.74, 6) is -1.42. The second-order valence-corrected chi connectivity index (χ2v) is 9.93. The van der Waals surface area contributed by atoms with E-state index in [1.807, 2.05) is 45.0 Å². The van der Waals surface area contributed by atoms with E-state index in [0.717, 1.165) is 18.4 Å². The summed E-state index contributed by atoms with van der Waals surface area (Å²) in [7, 11) is 3.69. The quantitative estimate of drug-likeness (QED) is 0.260. The zero-order valence-corrected chi connectivity index (χ0v) is 23.3. The van der Waals surface area contributed by atoms with Crippen molar-refractivity contribution >= 4 is 28.9 Å². The van der Waals surface area contributed by atoms with E-state index in [1.54, 1.807) is 24.0 Å². The number of nitrogen functional groups attached to an aromatic ring is 1. The first-order valence-corrected chi connectivity index (χ1v) is 13.2. The lowest BCUT2D eigenvalue weighted by molar-refractivity contribution is -0.138. The van der Waals surface area contributed by atoms with Crippen LogP contribution in [0.5, 0.6) is 6.01 Å². The molecular weight excluding hydrogens is 502 g/mol. The predicted molar refractivity (Wildman–Crippen MR) is 149 cm³/mol. The Balaban J connectivity index is 1.78. The van der Waals surface area contributed by atoms with Gasteiger partial charge in [-0.2, -0.15) is 9.97 Å². The third-order valence-corrected chi connectivity index (χ3v) is 6.84. The molecule has 1 unspecified atom stereocenters. The van der Waals surface area contributed by atoms with Crippen molar-refractivity contribution < 1.29 is 19.4 Å². The zero-order valence-electron chi connectivity index (χ0n) is 23.3. The van der Waals surface area contributed by atoms with Crippen LogP contribution in [0.1, 0.15) is 57.1 Å². The number of nitrogens with one attached hydrogen (secondary N) is 1. The summed E-state index contributed by atoms with van der Waals surface area (Å²) in [6, 6.07) is 7.03. The summed E-state index contributed by atoms with van der Waals surface area (Å²) in [4.78, 5) is 52.2. The van der Waals surface area contributed by atoms with Gasteiger partial charge in [0, 0.05) is 19.6 Å². The fraction of sp³-hybridized carbons (Fsp3) is 0.519. The number of rotatable bonds is 14. The molecule has 2 atom stereocenters. The summed E-state index contributed by atoms with van der Waals surface area (Å²) >= 11 is 0. The molecule has 0 bridgehead atoms. The molecule has 1 amide bonds. The number of nitrogens with two attached hydrogens (primary N) is 1. The molecule has 12 heteroatoms. The largest absolute Gasteiger partial charge is 0.481 e. The van der Waals surface area contributed by atoms with Crippen LogP contribution in [-0.4, -0.2) is 79.6 Å². The van der Waals surface area contributed by atoms with Gasteiger partial charge in [-0.3, -0.25) is 19.1 Å². The van der Waals surface area contributed by atoms with Gasteiger partial charge in [0.05, 0.1) is 18.6 Å². The van der Waals surface area contributed by atoms with Crippen LogP contribution in [0, 0.1) is 0 Å². The molecule has 212 valence electrons. The number of H-pyrrole nitrogens is 1. The van der Waals surface area contributed by atoms with Crippen LogP contribution in [0.15, 0.2) is 29.1 Å². The minimum absolute atomic E-state index is 0.0487. The number of aliphatic carboxylic acids is 1. The number of carbonyl (C=O) groups excluding carboxylic acids is 1. The molecule has 0 aliphatic rings. The van der Waals surface area contributed by atoms with Gasteiger partial charge < -0.3 is 25.5 Å². The fourth-order valence-corrected chi connectivity index (χ4v) is 4.06. The fourth-order valence-electron chi connectivity index (χ4n) is 4.06. The number of carboxylic acids is 1. The first kappa shape index (κ1) is 29.6. The second-order valence-electron chi connectivity index (χ2n) is 9.93. The minimum atomic E-state index is -0.890. The number of imidazole rings is 1. The van der Waals surface area contributed by atoms with E-state index in [4.69, 9.17) is 10.5 Å². The number of carbonyl (C=O) groups is 2. The molecule has 0 saturated carbocycles. The highest BCUT2D eigenvalue weighted by molar-refractivity contribution is 5.82. The normalized spacial score (nSPS) is 13.0. The number of aryl methyl sites for hydroxylation is 1. The van der Waals surface area contributed by atoms with Crippen LogP contribution in [0.25, 0.3) is 11.2 Å². The first-order valence-electron chi connectivity index (χ1n) is 13.2. The molecule has 1 aromatic carbocycles. The van der Waals surface area contributed by atoms with E-state index in [2.05, 4.69) is 15.0 Å². The van der Waals surface area contributed by atoms with Gasteiger partial charge in [0.1, 0.15) is 5.52 Å². The standard InChI is InChI=1S/C27H39N7O5/c1-6-7-15-39-26-30-22(28)21-23(31-26)34(27(38)29-21)14-8-13-33(24(35)18(3)32(4)5)16-19-9-11-20(12-10-19)17(2)25(36)37/h9-12,17-18H,6-8,13-16H2,1-5H3,(H,29,38)(H,36,37)(H2,28,30,31)/t17?,18-/m0/s1. The molecule has 0 radical (unpaired) electrons. The number of likely N-dealkylation sites (N-methyl/N-ethyl adjacent to an activating group) is 1. The number of hydrogen-bond acceptors (Lipinski definition) is 8. The lowest BCUT2D eigenvalue weighted by atomic mass is 10.00. The van der Waals surface area contributed by atoms with Gasteiger partial charge in [-0.1, -0.05) is 37.6 Å². The number of benzene rings is 1. The van der Waals surface area contributed by atoms with Crippen molar-refractivity contribution in [3.63, 3.8) is 0 Å². The molecule has 0 spiro atoms. The maximum Gasteiger partial charge on any atom is 0.327 e. The average Bonchev–Trinajstić information content (AvgIpc) is 3.22. The number of aromatic nitrogens is 4. The SMILES string of the molecule is CCCCOc1nc(N)c2[nH]c(=O)n(CCCN(Cc3ccc(C(C)C(=O)O)cc3)C(=O)[C@H](C)N(C)C)c2n1. The molecule has 2 heterocycles. The van der Waals surface area contributed by atoms with Crippen LogP contribution in [-0.2, 0) is 22.7 Å². The second kappa shape index (κ2) is 13.2. The van der Waals surface area contributed by atoms with Gasteiger partial charge in [0.2, 0.25) is 5.91 Å². The summed E-state index contributed by atoms with van der Waals surface area (Å²) < 4.78 is 7.09. The van der Waals surface area contributed by atoms with Gasteiger partial charge in [-0.25, -0.2) is 4.79 Å². The van der Waals surface area contributed by atoms with Crippen LogP contribution < -0.4 is 16.2 Å². The van der Waals surface area contributed by atoms with Crippen molar-refractivity contribution in [2.75, 3.05) is 33.0 Å². The first-order chi connectivity index (χ1) is 18.5. The van der Waals surface area contributed by atoms with E-state index < -0.39 is 11.9 Å². The van der Waals surface area contributed by atoms with Crippen molar-refractivity contribution in [2.24, 2.45) is 0 Å². The van der Waals surface area contributed by atoms with Crippen LogP contribution in [0.3, 0.4) is 0 Å². The summed E-state index contributed by atoms with van der Waals surface area (Å²) in [5, 5.41) is 9.27. The highest BCUT2D eigenvalue weighted by atomic mass is 16.5. The summed E-state index contributed by atoms with van der Waals surface area (Å²) in [6.07, 6.45) is 2.29. The number of ether oxygens (including phenoxy) is 1. The van der Waals surface area contributed by atoms with Crippen LogP contribution >= 0.6 is 0 Å². The number of nitrogens with zero attached hydrogens (tertiary/aromatic N) is 5. The third kappa shape index (κ3) is 7.34. The number of aromatic amines is 1. The number of amides is 1. The van der Waals surface area contributed by atoms with E-state index in [-0.39, 0.29) is 29.5 Å². The van der Waals surface area contributed by atoms with Crippen LogP contribution in [0.2, 0.25) is 0 Å². The van der Waals surface area contributed by atoms with Crippen molar-refractivity contribution in [3.8, 4) is 6.01 Å². The molecule has 12 nitrogen and oxygen atoms in total. The molecule has 3 rings (SSSR count). The van der Waals surface area contributed by atoms with Crippen molar-refractivity contribution in [1.82, 2.24) is 29.3 Å². The third-order valence-electron chi connectivity index (χ3n) is 6.84. The van der Waals surface area contributed by atoms with E-state index in [9.17, 15) is 19.5 Å². The topological polar surface area (TPSA) is 160 Å². The Hall–Kier alpha value is -3.93. The Morgan fingerprint density at radius 2 is 1.85 bits per heavy atom. The molecule has 0 saturated heterocycles. The molecule has 0 fully saturated rings. The number of fused-ring (bicyclic) bond motifs is 1. The predicted octanol–water partition coefficient (Wildman–Crippen LogP) is 2.44. The van der Waals surface area contributed by atoms with E-state index >= 15 is 0 Å². The maximum absolute atomic E-state index is 13.3. The highest BCUT2D eigenvalue weighted by Gasteiger charge is 2.23. The van der Waals surface area contributed by atoms with Gasteiger partial charge >= 0.3 is 17.7 Å². The van der Waals surface area contributed by atoms with E-state index in [0.29, 0.717) is 49.4 Å². The molecule has 0 aliphatic heterocycles. The lowest BCUT2D eigenvalue weighted by Crippen LogP contribution is -2.44. The van der Waals surface area contributed by atoms with Gasteiger partial charge in [-0.15, -0.1) is 0 Å². The highest BCUT2D eigenvalue weighted by Crippen LogP contribution is 2.20. The molecule has 4 N–H and O–H groups in total. The lowest BCUT2D eigenvalue weighted by Gasteiger charge is -2.29. The molecule has 2 aromatic heterocycles. The summed E-state index contributed by atoms with van der Waals surface area (Å²) in [6.45, 7) is 7.03. The number of anilines is 1. The summed E-state index contributed by atoms with van der Waals surface area (Å²) in [5.41, 5.74) is 7.99. The minimum Gasteiger partial charge on any atom is -0.481 e. The molecule has 0 aliphatic carbocycles. The zero-order chi connectivity index (χ0) is 28.7. The van der Waals surface area contributed by atoms with Crippen LogP contribution in [0.4, 0.5) is 5.82 Å². The Morgan fingerprint density at radius 1 is 1.15 bits per heavy atom. The molecule has 39 heavy (non-hydrogen) atoms. The van der Waals surface area contributed by atoms with E-state index in [1.165, 1.54) is 4.57 Å².